The Bertz CT molecular complexity index is 467. The first-order valence-corrected chi connectivity index (χ1v) is 4.95. The van der Waals surface area contributed by atoms with Crippen molar-refractivity contribution in [1.29, 1.82) is 0 Å². The smallest absolute Gasteiger partial charge is 0.304 e. The molecule has 0 aliphatic heterocycles. The Morgan fingerprint density at radius 3 is 2.41 bits per heavy atom. The van der Waals surface area contributed by atoms with E-state index in [2.05, 4.69) is 0 Å². The van der Waals surface area contributed by atoms with Gasteiger partial charge in [-0.25, -0.2) is 8.78 Å². The second-order valence-electron chi connectivity index (χ2n) is 4.41. The Hall–Kier alpha value is -1.78. The van der Waals surface area contributed by atoms with Crippen LogP contribution in [0.15, 0.2) is 18.2 Å². The van der Waals surface area contributed by atoms with E-state index in [1.54, 1.807) is 0 Å². The van der Waals surface area contributed by atoms with Crippen molar-refractivity contribution in [2.45, 2.75) is 20.3 Å². The summed E-state index contributed by atoms with van der Waals surface area (Å²) >= 11 is 0. The minimum Gasteiger partial charge on any atom is -0.481 e. The molecule has 0 radical (unpaired) electrons. The van der Waals surface area contributed by atoms with E-state index in [0.717, 1.165) is 18.2 Å². The van der Waals surface area contributed by atoms with E-state index in [1.165, 1.54) is 13.8 Å². The molecule has 0 spiro atoms. The summed E-state index contributed by atoms with van der Waals surface area (Å²) < 4.78 is 26.3. The maximum absolute atomic E-state index is 13.4. The van der Waals surface area contributed by atoms with Crippen molar-refractivity contribution in [3.63, 3.8) is 0 Å². The quantitative estimate of drug-likeness (QED) is 0.826. The first-order valence-electron chi connectivity index (χ1n) is 4.95. The lowest BCUT2D eigenvalue weighted by molar-refractivity contribution is -0.138. The highest BCUT2D eigenvalue weighted by atomic mass is 19.1. The lowest BCUT2D eigenvalue weighted by Gasteiger charge is -2.20. The molecule has 0 heterocycles. The number of hydrogen-bond acceptors (Lipinski definition) is 2. The predicted octanol–water partition coefficient (Wildman–Crippen LogP) is 2.65. The molecule has 0 bridgehead atoms. The van der Waals surface area contributed by atoms with Crippen molar-refractivity contribution in [2.24, 2.45) is 5.41 Å². The van der Waals surface area contributed by atoms with Crippen LogP contribution >= 0.6 is 0 Å². The van der Waals surface area contributed by atoms with Gasteiger partial charge < -0.3 is 5.11 Å². The summed E-state index contributed by atoms with van der Waals surface area (Å²) in [6.45, 7) is 2.77. The van der Waals surface area contributed by atoms with Crippen molar-refractivity contribution in [3.05, 3.63) is 35.4 Å². The number of halogens is 2. The third-order valence-electron chi connectivity index (χ3n) is 2.38. The normalized spacial score (nSPS) is 11.3. The number of carbonyl (C=O) groups excluding carboxylic acids is 1. The zero-order valence-electron chi connectivity index (χ0n) is 9.46. The average molecular weight is 242 g/mol. The highest BCUT2D eigenvalue weighted by Gasteiger charge is 2.33. The molecule has 0 aliphatic carbocycles. The van der Waals surface area contributed by atoms with Gasteiger partial charge in [-0.3, -0.25) is 9.59 Å². The zero-order valence-corrected chi connectivity index (χ0v) is 9.46. The van der Waals surface area contributed by atoms with Crippen molar-refractivity contribution in [1.82, 2.24) is 0 Å². The monoisotopic (exact) mass is 242 g/mol. The maximum atomic E-state index is 13.4. The fraction of sp³-hybridized carbons (Fsp3) is 0.333. The zero-order chi connectivity index (χ0) is 13.2. The molecule has 3 nitrogen and oxygen atoms in total. The molecule has 0 amide bonds. The van der Waals surface area contributed by atoms with Gasteiger partial charge in [0.1, 0.15) is 11.6 Å². The average Bonchev–Trinajstić information content (AvgIpc) is 2.18. The molecule has 1 aromatic carbocycles. The summed E-state index contributed by atoms with van der Waals surface area (Å²) in [7, 11) is 0. The van der Waals surface area contributed by atoms with Gasteiger partial charge in [0.2, 0.25) is 0 Å². The third kappa shape index (κ3) is 3.09. The molecule has 5 heteroatoms. The first-order chi connectivity index (χ1) is 7.74. The van der Waals surface area contributed by atoms with Gasteiger partial charge in [-0.2, -0.15) is 0 Å². The lowest BCUT2D eigenvalue weighted by Crippen LogP contribution is -2.28. The van der Waals surface area contributed by atoms with Crippen LogP contribution in [0.5, 0.6) is 0 Å². The molecule has 0 saturated carbocycles. The van der Waals surface area contributed by atoms with Crippen LogP contribution in [0.1, 0.15) is 30.6 Å². The minimum atomic E-state index is -1.28. The summed E-state index contributed by atoms with van der Waals surface area (Å²) in [6, 6.07) is 2.52. The summed E-state index contributed by atoms with van der Waals surface area (Å²) in [5.41, 5.74) is -1.70. The number of carboxylic acids is 1. The molecular weight excluding hydrogens is 230 g/mol. The molecule has 1 aromatic rings. The van der Waals surface area contributed by atoms with Crippen LogP contribution in [0.3, 0.4) is 0 Å². The van der Waals surface area contributed by atoms with E-state index in [9.17, 15) is 18.4 Å². The number of rotatable bonds is 4. The van der Waals surface area contributed by atoms with Crippen molar-refractivity contribution in [2.75, 3.05) is 0 Å². The highest BCUT2D eigenvalue weighted by Crippen LogP contribution is 2.27. The number of carbonyl (C=O) groups is 2. The van der Waals surface area contributed by atoms with Gasteiger partial charge in [0.25, 0.3) is 0 Å². The molecule has 0 aliphatic rings. The van der Waals surface area contributed by atoms with Gasteiger partial charge in [-0.05, 0) is 18.2 Å². The first kappa shape index (κ1) is 13.3. The van der Waals surface area contributed by atoms with Gasteiger partial charge in [-0.15, -0.1) is 0 Å². The van der Waals surface area contributed by atoms with E-state index in [0.29, 0.717) is 0 Å². The van der Waals surface area contributed by atoms with E-state index in [1.807, 2.05) is 0 Å². The predicted molar refractivity (Wildman–Crippen MR) is 56.7 cm³/mol. The number of hydrogen-bond donors (Lipinski definition) is 1. The summed E-state index contributed by atoms with van der Waals surface area (Å²) in [6.07, 6.45) is -0.443. The van der Waals surface area contributed by atoms with E-state index in [4.69, 9.17) is 5.11 Å². The third-order valence-corrected chi connectivity index (χ3v) is 2.38. The SMILES string of the molecule is CC(C)(CC(=O)O)C(=O)c1cc(F)ccc1F. The Morgan fingerprint density at radius 1 is 1.29 bits per heavy atom. The van der Waals surface area contributed by atoms with Crippen molar-refractivity contribution in [3.8, 4) is 0 Å². The second-order valence-corrected chi connectivity index (χ2v) is 4.41. The molecule has 0 aromatic heterocycles. The molecule has 17 heavy (non-hydrogen) atoms. The largest absolute Gasteiger partial charge is 0.481 e. The van der Waals surface area contributed by atoms with Gasteiger partial charge in [0.15, 0.2) is 5.78 Å². The van der Waals surface area contributed by atoms with Crippen LogP contribution in [-0.2, 0) is 4.79 Å². The number of Topliss-reactive ketones (excluding diaryl/α,β-unsaturated/α-hetero) is 1. The fourth-order valence-electron chi connectivity index (χ4n) is 1.49. The van der Waals surface area contributed by atoms with Gasteiger partial charge >= 0.3 is 5.97 Å². The topological polar surface area (TPSA) is 54.4 Å². The Balaban J connectivity index is 3.11. The molecule has 92 valence electrons. The molecule has 1 N–H and O–H groups in total. The van der Waals surface area contributed by atoms with Crippen LogP contribution in [-0.4, -0.2) is 16.9 Å². The Morgan fingerprint density at radius 2 is 1.88 bits per heavy atom. The van der Waals surface area contributed by atoms with Crippen LogP contribution in [0.2, 0.25) is 0 Å². The highest BCUT2D eigenvalue weighted by molar-refractivity contribution is 6.01. The minimum absolute atomic E-state index is 0.420. The lowest BCUT2D eigenvalue weighted by atomic mass is 9.81. The van der Waals surface area contributed by atoms with Gasteiger partial charge in [0.05, 0.1) is 12.0 Å². The Kier molecular flexibility index (Phi) is 3.60. The molecular formula is C12H12F2O3. The van der Waals surface area contributed by atoms with Gasteiger partial charge in [-0.1, -0.05) is 13.8 Å². The van der Waals surface area contributed by atoms with E-state index in [-0.39, 0.29) is 0 Å². The van der Waals surface area contributed by atoms with Crippen molar-refractivity contribution >= 4 is 11.8 Å². The standard InChI is InChI=1S/C12H12F2O3/c1-12(2,6-10(15)16)11(17)8-5-7(13)3-4-9(8)14/h3-5H,6H2,1-2H3,(H,15,16). The fourth-order valence-corrected chi connectivity index (χ4v) is 1.49. The number of benzene rings is 1. The van der Waals surface area contributed by atoms with Crippen LogP contribution < -0.4 is 0 Å². The molecule has 0 atom stereocenters. The van der Waals surface area contributed by atoms with Crippen molar-refractivity contribution < 1.29 is 23.5 Å². The summed E-state index contributed by atoms with van der Waals surface area (Å²) in [5, 5.41) is 8.65. The summed E-state index contributed by atoms with van der Waals surface area (Å²) in [4.78, 5) is 22.5. The molecule has 0 saturated heterocycles. The van der Waals surface area contributed by atoms with E-state index < -0.39 is 40.8 Å². The molecule has 1 rings (SSSR count). The van der Waals surface area contributed by atoms with Crippen LogP contribution in [0.25, 0.3) is 0 Å². The van der Waals surface area contributed by atoms with E-state index >= 15 is 0 Å². The second kappa shape index (κ2) is 4.61. The molecule has 0 fully saturated rings. The maximum Gasteiger partial charge on any atom is 0.304 e. The van der Waals surface area contributed by atoms with Gasteiger partial charge in [0, 0.05) is 5.41 Å². The van der Waals surface area contributed by atoms with Crippen LogP contribution in [0, 0.1) is 17.0 Å². The summed E-state index contributed by atoms with van der Waals surface area (Å²) in [5.74, 6) is -3.48. The Labute approximate surface area is 97.1 Å². The van der Waals surface area contributed by atoms with Crippen LogP contribution in [0.4, 0.5) is 8.78 Å². The molecule has 0 unspecified atom stereocenters. The number of aliphatic carboxylic acids is 1. The number of carboxylic acid groups (broad SMARTS) is 1. The number of ketones is 1.